The minimum absolute atomic E-state index is 0.0553. The number of hydrogen-bond donors (Lipinski definition) is 1. The monoisotopic (exact) mass is 218 g/mol. The van der Waals surface area contributed by atoms with Crippen LogP contribution in [0.3, 0.4) is 0 Å². The van der Waals surface area contributed by atoms with E-state index in [1.807, 2.05) is 0 Å². The van der Waals surface area contributed by atoms with Crippen LogP contribution in [0.1, 0.15) is 19.8 Å². The van der Waals surface area contributed by atoms with Crippen molar-refractivity contribution in [1.29, 1.82) is 0 Å². The van der Waals surface area contributed by atoms with Crippen molar-refractivity contribution in [2.24, 2.45) is 5.92 Å². The second-order valence-corrected chi connectivity index (χ2v) is 4.11. The molecular weight excluding hydrogens is 200 g/mol. The lowest BCUT2D eigenvalue weighted by molar-refractivity contribution is -0.118. The van der Waals surface area contributed by atoms with Crippen LogP contribution >= 0.6 is 11.6 Å². The predicted octanol–water partition coefficient (Wildman–Crippen LogP) is 1.07. The molecule has 0 bridgehead atoms. The highest BCUT2D eigenvalue weighted by atomic mass is 35.5. The van der Waals surface area contributed by atoms with E-state index in [1.165, 1.54) is 19.4 Å². The first kappa shape index (κ1) is 11.8. The second kappa shape index (κ2) is 6.25. The van der Waals surface area contributed by atoms with Crippen LogP contribution < -0.4 is 5.32 Å². The number of carbonyl (C=O) groups is 1. The number of piperidine rings is 1. The maximum Gasteiger partial charge on any atom is 0.234 e. The van der Waals surface area contributed by atoms with Crippen LogP contribution in [0.25, 0.3) is 0 Å². The van der Waals surface area contributed by atoms with E-state index in [-0.39, 0.29) is 11.8 Å². The number of likely N-dealkylation sites (tertiary alicyclic amines) is 1. The van der Waals surface area contributed by atoms with Gasteiger partial charge in [0.1, 0.15) is 5.88 Å². The molecule has 1 heterocycles. The first-order chi connectivity index (χ1) is 6.76. The van der Waals surface area contributed by atoms with Gasteiger partial charge in [-0.15, -0.1) is 11.6 Å². The molecule has 1 aliphatic rings. The van der Waals surface area contributed by atoms with E-state index in [1.54, 1.807) is 0 Å². The smallest absolute Gasteiger partial charge is 0.234 e. The molecule has 0 spiro atoms. The Hall–Kier alpha value is -0.280. The van der Waals surface area contributed by atoms with Crippen molar-refractivity contribution in [3.8, 4) is 0 Å². The first-order valence-electron chi connectivity index (χ1n) is 5.31. The molecule has 1 fully saturated rings. The van der Waals surface area contributed by atoms with Gasteiger partial charge in [0.25, 0.3) is 0 Å². The van der Waals surface area contributed by atoms with Crippen molar-refractivity contribution in [3.63, 3.8) is 0 Å². The topological polar surface area (TPSA) is 32.3 Å². The molecule has 14 heavy (non-hydrogen) atoms. The van der Waals surface area contributed by atoms with Crippen molar-refractivity contribution in [1.82, 2.24) is 10.2 Å². The highest BCUT2D eigenvalue weighted by molar-refractivity contribution is 6.27. The number of nitrogens with one attached hydrogen (secondary N) is 1. The molecule has 4 heteroatoms. The van der Waals surface area contributed by atoms with E-state index in [4.69, 9.17) is 11.6 Å². The Kier molecular flexibility index (Phi) is 5.26. The van der Waals surface area contributed by atoms with Crippen LogP contribution in [0.4, 0.5) is 0 Å². The maximum atomic E-state index is 10.9. The molecule has 3 nitrogen and oxygen atoms in total. The number of nitrogens with zero attached hydrogens (tertiary/aromatic N) is 1. The van der Waals surface area contributed by atoms with Crippen molar-refractivity contribution in [2.75, 3.05) is 32.1 Å². The van der Waals surface area contributed by atoms with Crippen molar-refractivity contribution in [3.05, 3.63) is 0 Å². The Balaban J connectivity index is 2.20. The molecule has 82 valence electrons. The molecule has 1 amide bonds. The van der Waals surface area contributed by atoms with Gasteiger partial charge in [0.05, 0.1) is 0 Å². The van der Waals surface area contributed by atoms with E-state index < -0.39 is 0 Å². The van der Waals surface area contributed by atoms with Crippen LogP contribution in [-0.2, 0) is 4.79 Å². The molecule has 0 aromatic carbocycles. The van der Waals surface area contributed by atoms with E-state index in [0.29, 0.717) is 5.92 Å². The summed E-state index contributed by atoms with van der Waals surface area (Å²) in [7, 11) is 0. The lowest BCUT2D eigenvalue weighted by Gasteiger charge is -2.31. The van der Waals surface area contributed by atoms with Crippen molar-refractivity contribution < 1.29 is 4.79 Å². The number of halogens is 1. The Labute approximate surface area is 90.8 Å². The van der Waals surface area contributed by atoms with E-state index in [2.05, 4.69) is 17.1 Å². The summed E-state index contributed by atoms with van der Waals surface area (Å²) in [5.41, 5.74) is 0. The molecule has 0 aromatic rings. The molecule has 0 aromatic heterocycles. The average Bonchev–Trinajstić information content (AvgIpc) is 2.26. The Bertz CT molecular complexity index is 187. The second-order valence-electron chi connectivity index (χ2n) is 3.84. The Morgan fingerprint density at radius 3 is 3.07 bits per heavy atom. The zero-order valence-corrected chi connectivity index (χ0v) is 9.52. The number of rotatable bonds is 4. The summed E-state index contributed by atoms with van der Waals surface area (Å²) < 4.78 is 0. The van der Waals surface area contributed by atoms with E-state index >= 15 is 0 Å². The van der Waals surface area contributed by atoms with Gasteiger partial charge in [-0.25, -0.2) is 0 Å². The fraction of sp³-hybridized carbons (Fsp3) is 0.900. The van der Waals surface area contributed by atoms with Gasteiger partial charge in [-0.3, -0.25) is 4.79 Å². The standard InChI is InChI=1S/C10H19ClN2O/c1-2-13-5-3-4-9(8-13)7-12-10(14)6-11/h9H,2-8H2,1H3,(H,12,14). The third-order valence-electron chi connectivity index (χ3n) is 2.76. The van der Waals surface area contributed by atoms with Crippen LogP contribution in [-0.4, -0.2) is 42.9 Å². The van der Waals surface area contributed by atoms with Crippen LogP contribution in [0, 0.1) is 5.92 Å². The van der Waals surface area contributed by atoms with Crippen LogP contribution in [0.5, 0.6) is 0 Å². The number of alkyl halides is 1. The van der Waals surface area contributed by atoms with Gasteiger partial charge in [-0.1, -0.05) is 6.92 Å². The highest BCUT2D eigenvalue weighted by Gasteiger charge is 2.18. The van der Waals surface area contributed by atoms with Gasteiger partial charge in [0, 0.05) is 13.1 Å². The van der Waals surface area contributed by atoms with Gasteiger partial charge in [0.15, 0.2) is 0 Å². The van der Waals surface area contributed by atoms with Crippen molar-refractivity contribution in [2.45, 2.75) is 19.8 Å². The van der Waals surface area contributed by atoms with Gasteiger partial charge >= 0.3 is 0 Å². The van der Waals surface area contributed by atoms with Crippen LogP contribution in [0.2, 0.25) is 0 Å². The summed E-state index contributed by atoms with van der Waals surface area (Å²) in [6, 6.07) is 0. The molecule has 1 unspecified atom stereocenters. The zero-order chi connectivity index (χ0) is 10.4. The van der Waals surface area contributed by atoms with Gasteiger partial charge < -0.3 is 10.2 Å². The highest BCUT2D eigenvalue weighted by Crippen LogP contribution is 2.14. The average molecular weight is 219 g/mol. The number of carbonyl (C=O) groups excluding carboxylic acids is 1. The summed E-state index contributed by atoms with van der Waals surface area (Å²) in [4.78, 5) is 13.4. The van der Waals surface area contributed by atoms with E-state index in [9.17, 15) is 4.79 Å². The molecule has 1 atom stereocenters. The lowest BCUT2D eigenvalue weighted by Crippen LogP contribution is -2.41. The largest absolute Gasteiger partial charge is 0.355 e. The number of amides is 1. The summed E-state index contributed by atoms with van der Waals surface area (Å²) in [6.07, 6.45) is 2.47. The zero-order valence-electron chi connectivity index (χ0n) is 8.76. The van der Waals surface area contributed by atoms with Gasteiger partial charge in [-0.2, -0.15) is 0 Å². The molecule has 1 saturated heterocycles. The third kappa shape index (κ3) is 3.84. The normalized spacial score (nSPS) is 23.4. The minimum atomic E-state index is -0.0553. The third-order valence-corrected chi connectivity index (χ3v) is 3.00. The fourth-order valence-electron chi connectivity index (χ4n) is 1.91. The molecule has 0 radical (unpaired) electrons. The van der Waals surface area contributed by atoms with Crippen molar-refractivity contribution >= 4 is 17.5 Å². The molecule has 1 N–H and O–H groups in total. The molecular formula is C10H19ClN2O. The van der Waals surface area contributed by atoms with Gasteiger partial charge in [0.2, 0.25) is 5.91 Å². The SMILES string of the molecule is CCN1CCCC(CNC(=O)CCl)C1. The summed E-state index contributed by atoms with van der Waals surface area (Å²) in [6.45, 7) is 6.39. The Morgan fingerprint density at radius 1 is 1.64 bits per heavy atom. The van der Waals surface area contributed by atoms with E-state index in [0.717, 1.165) is 19.6 Å². The number of hydrogen-bond acceptors (Lipinski definition) is 2. The summed E-state index contributed by atoms with van der Waals surface area (Å²) in [5, 5.41) is 2.85. The molecule has 1 rings (SSSR count). The quantitative estimate of drug-likeness (QED) is 0.717. The molecule has 0 saturated carbocycles. The fourth-order valence-corrected chi connectivity index (χ4v) is 2.01. The summed E-state index contributed by atoms with van der Waals surface area (Å²) in [5.74, 6) is 0.626. The molecule has 0 aliphatic carbocycles. The summed E-state index contributed by atoms with van der Waals surface area (Å²) >= 11 is 5.40. The Morgan fingerprint density at radius 2 is 2.43 bits per heavy atom. The maximum absolute atomic E-state index is 10.9. The van der Waals surface area contributed by atoms with Crippen LogP contribution in [0.15, 0.2) is 0 Å². The van der Waals surface area contributed by atoms with Gasteiger partial charge in [-0.05, 0) is 31.8 Å². The first-order valence-corrected chi connectivity index (χ1v) is 5.84. The lowest BCUT2D eigenvalue weighted by atomic mass is 9.98. The predicted molar refractivity (Wildman–Crippen MR) is 58.6 cm³/mol. The minimum Gasteiger partial charge on any atom is -0.355 e. The molecule has 1 aliphatic heterocycles.